The van der Waals surface area contributed by atoms with E-state index >= 15 is 0 Å². The van der Waals surface area contributed by atoms with Crippen LogP contribution in [-0.4, -0.2) is 35.1 Å². The number of nitrogens with zero attached hydrogens (tertiary/aromatic N) is 2. The van der Waals surface area contributed by atoms with Crippen molar-refractivity contribution >= 4 is 17.4 Å². The molecule has 0 aliphatic carbocycles. The van der Waals surface area contributed by atoms with Crippen LogP contribution in [0, 0.1) is 6.92 Å². The van der Waals surface area contributed by atoms with Crippen LogP contribution in [0.15, 0.2) is 36.7 Å². The second-order valence-corrected chi connectivity index (χ2v) is 5.62. The molecule has 1 aromatic heterocycles. The van der Waals surface area contributed by atoms with Crippen LogP contribution in [0.5, 0.6) is 0 Å². The first-order chi connectivity index (χ1) is 11.2. The maximum absolute atomic E-state index is 12.2. The molecule has 2 heterocycles. The van der Waals surface area contributed by atoms with Gasteiger partial charge < -0.3 is 15.4 Å². The molecular weight excluding hydrogens is 292 g/mol. The Morgan fingerprint density at radius 1 is 1.30 bits per heavy atom. The number of nitrogens with one attached hydrogen (secondary N) is 2. The van der Waals surface area contributed by atoms with Crippen LogP contribution < -0.4 is 10.6 Å². The SMILES string of the molecule is Cc1ccc(Nc2cc(C(=O)NCC3CCCO3)ncn2)cc1. The third-order valence-electron chi connectivity index (χ3n) is 3.74. The summed E-state index contributed by atoms with van der Waals surface area (Å²) >= 11 is 0. The highest BCUT2D eigenvalue weighted by molar-refractivity contribution is 5.92. The first kappa shape index (κ1) is 15.4. The molecule has 120 valence electrons. The number of carbonyl (C=O) groups is 1. The lowest BCUT2D eigenvalue weighted by Crippen LogP contribution is -2.32. The predicted molar refractivity (Wildman–Crippen MR) is 87.8 cm³/mol. The lowest BCUT2D eigenvalue weighted by Gasteiger charge is -2.11. The molecule has 1 aliphatic rings. The second kappa shape index (κ2) is 7.19. The van der Waals surface area contributed by atoms with Crippen molar-refractivity contribution in [2.24, 2.45) is 0 Å². The van der Waals surface area contributed by atoms with Crippen molar-refractivity contribution in [1.29, 1.82) is 0 Å². The summed E-state index contributed by atoms with van der Waals surface area (Å²) in [6.45, 7) is 3.33. The number of aromatic nitrogens is 2. The highest BCUT2D eigenvalue weighted by Gasteiger charge is 2.17. The van der Waals surface area contributed by atoms with Crippen molar-refractivity contribution in [3.8, 4) is 0 Å². The van der Waals surface area contributed by atoms with Gasteiger partial charge in [0.25, 0.3) is 5.91 Å². The van der Waals surface area contributed by atoms with Gasteiger partial charge in [-0.15, -0.1) is 0 Å². The van der Waals surface area contributed by atoms with Crippen LogP contribution in [-0.2, 0) is 4.74 Å². The van der Waals surface area contributed by atoms with Crippen molar-refractivity contribution in [1.82, 2.24) is 15.3 Å². The molecule has 1 amide bonds. The zero-order chi connectivity index (χ0) is 16.1. The molecule has 1 atom stereocenters. The zero-order valence-corrected chi connectivity index (χ0v) is 13.1. The molecule has 1 aliphatic heterocycles. The smallest absolute Gasteiger partial charge is 0.270 e. The third kappa shape index (κ3) is 4.26. The number of ether oxygens (including phenoxy) is 1. The highest BCUT2D eigenvalue weighted by Crippen LogP contribution is 2.15. The minimum Gasteiger partial charge on any atom is -0.376 e. The molecular formula is C17H20N4O2. The van der Waals surface area contributed by atoms with Gasteiger partial charge in [0, 0.05) is 24.9 Å². The lowest BCUT2D eigenvalue weighted by molar-refractivity contribution is 0.0853. The van der Waals surface area contributed by atoms with Crippen LogP contribution in [0.1, 0.15) is 28.9 Å². The molecule has 2 aromatic rings. The number of amides is 1. The number of rotatable bonds is 5. The summed E-state index contributed by atoms with van der Waals surface area (Å²) in [5.41, 5.74) is 2.44. The lowest BCUT2D eigenvalue weighted by atomic mass is 10.2. The second-order valence-electron chi connectivity index (χ2n) is 5.62. The normalized spacial score (nSPS) is 17.0. The van der Waals surface area contributed by atoms with Gasteiger partial charge >= 0.3 is 0 Å². The van der Waals surface area contributed by atoms with Crippen LogP contribution >= 0.6 is 0 Å². The summed E-state index contributed by atoms with van der Waals surface area (Å²) in [6, 6.07) is 9.60. The molecule has 1 unspecified atom stereocenters. The molecule has 6 nitrogen and oxygen atoms in total. The molecule has 0 spiro atoms. The van der Waals surface area contributed by atoms with E-state index in [9.17, 15) is 4.79 Å². The molecule has 3 rings (SSSR count). The number of benzene rings is 1. The number of carbonyl (C=O) groups excluding carboxylic acids is 1. The summed E-state index contributed by atoms with van der Waals surface area (Å²) in [4.78, 5) is 20.4. The molecule has 0 saturated carbocycles. The summed E-state index contributed by atoms with van der Waals surface area (Å²) in [5.74, 6) is 0.376. The molecule has 1 fully saturated rings. The Morgan fingerprint density at radius 3 is 2.87 bits per heavy atom. The summed E-state index contributed by atoms with van der Waals surface area (Å²) in [7, 11) is 0. The van der Waals surface area contributed by atoms with Crippen LogP contribution in [0.3, 0.4) is 0 Å². The fraction of sp³-hybridized carbons (Fsp3) is 0.353. The number of aryl methyl sites for hydroxylation is 1. The molecule has 6 heteroatoms. The van der Waals surface area contributed by atoms with Crippen molar-refractivity contribution in [3.05, 3.63) is 47.9 Å². The van der Waals surface area contributed by atoms with Gasteiger partial charge in [0.1, 0.15) is 17.8 Å². The largest absolute Gasteiger partial charge is 0.376 e. The van der Waals surface area contributed by atoms with Gasteiger partial charge in [-0.1, -0.05) is 17.7 Å². The van der Waals surface area contributed by atoms with Crippen molar-refractivity contribution in [2.45, 2.75) is 25.9 Å². The van der Waals surface area contributed by atoms with E-state index in [1.807, 2.05) is 31.2 Å². The van der Waals surface area contributed by atoms with Crippen molar-refractivity contribution in [2.75, 3.05) is 18.5 Å². The van der Waals surface area contributed by atoms with E-state index in [4.69, 9.17) is 4.74 Å². The monoisotopic (exact) mass is 312 g/mol. The first-order valence-corrected chi connectivity index (χ1v) is 7.76. The standard InChI is InChI=1S/C17H20N4O2/c1-12-4-6-13(7-5-12)21-16-9-15(19-11-20-16)17(22)18-10-14-3-2-8-23-14/h4-7,9,11,14H,2-3,8,10H2,1H3,(H,18,22)(H,19,20,21). The number of hydrogen-bond donors (Lipinski definition) is 2. The Hall–Kier alpha value is -2.47. The maximum atomic E-state index is 12.2. The number of anilines is 2. The quantitative estimate of drug-likeness (QED) is 0.887. The van der Waals surface area contributed by atoms with Crippen LogP contribution in [0.25, 0.3) is 0 Å². The Bertz CT molecular complexity index is 667. The van der Waals surface area contributed by atoms with Crippen LogP contribution in [0.4, 0.5) is 11.5 Å². The molecule has 1 saturated heterocycles. The maximum Gasteiger partial charge on any atom is 0.270 e. The van der Waals surface area contributed by atoms with Gasteiger partial charge in [-0.2, -0.15) is 0 Å². The van der Waals surface area contributed by atoms with Gasteiger partial charge in [-0.05, 0) is 31.9 Å². The van der Waals surface area contributed by atoms with E-state index in [0.29, 0.717) is 18.1 Å². The van der Waals surface area contributed by atoms with Crippen LogP contribution in [0.2, 0.25) is 0 Å². The van der Waals surface area contributed by atoms with E-state index in [2.05, 4.69) is 20.6 Å². The number of hydrogen-bond acceptors (Lipinski definition) is 5. The van der Waals surface area contributed by atoms with E-state index in [0.717, 1.165) is 25.1 Å². The first-order valence-electron chi connectivity index (χ1n) is 7.76. The molecule has 1 aromatic carbocycles. The van der Waals surface area contributed by atoms with Crippen molar-refractivity contribution < 1.29 is 9.53 Å². The minimum atomic E-state index is -0.213. The molecule has 2 N–H and O–H groups in total. The van der Waals surface area contributed by atoms with Gasteiger partial charge in [0.15, 0.2) is 0 Å². The average Bonchev–Trinajstić information content (AvgIpc) is 3.08. The fourth-order valence-electron chi connectivity index (χ4n) is 2.44. The highest BCUT2D eigenvalue weighted by atomic mass is 16.5. The minimum absolute atomic E-state index is 0.117. The Kier molecular flexibility index (Phi) is 4.83. The Morgan fingerprint density at radius 2 is 2.13 bits per heavy atom. The van der Waals surface area contributed by atoms with E-state index in [1.54, 1.807) is 6.07 Å². The average molecular weight is 312 g/mol. The van der Waals surface area contributed by atoms with Gasteiger partial charge in [-0.3, -0.25) is 4.79 Å². The summed E-state index contributed by atoms with van der Waals surface area (Å²) in [6.07, 6.45) is 3.55. The van der Waals surface area contributed by atoms with Gasteiger partial charge in [-0.25, -0.2) is 9.97 Å². The van der Waals surface area contributed by atoms with Gasteiger partial charge in [0.05, 0.1) is 6.10 Å². The zero-order valence-electron chi connectivity index (χ0n) is 13.1. The summed E-state index contributed by atoms with van der Waals surface area (Å²) in [5, 5.41) is 6.03. The molecule has 0 radical (unpaired) electrons. The molecule has 23 heavy (non-hydrogen) atoms. The third-order valence-corrected chi connectivity index (χ3v) is 3.74. The van der Waals surface area contributed by atoms with E-state index in [-0.39, 0.29) is 12.0 Å². The van der Waals surface area contributed by atoms with E-state index < -0.39 is 0 Å². The van der Waals surface area contributed by atoms with Crippen molar-refractivity contribution in [3.63, 3.8) is 0 Å². The van der Waals surface area contributed by atoms with Gasteiger partial charge in [0.2, 0.25) is 0 Å². The summed E-state index contributed by atoms with van der Waals surface area (Å²) < 4.78 is 5.49. The van der Waals surface area contributed by atoms with E-state index in [1.165, 1.54) is 11.9 Å². The predicted octanol–water partition coefficient (Wildman–Crippen LogP) is 2.44. The topological polar surface area (TPSA) is 76.1 Å². The fourth-order valence-corrected chi connectivity index (χ4v) is 2.44. The Labute approximate surface area is 135 Å². The Balaban J connectivity index is 1.61. The molecule has 0 bridgehead atoms.